The highest BCUT2D eigenvalue weighted by molar-refractivity contribution is 5.89. The van der Waals surface area contributed by atoms with Gasteiger partial charge in [-0.15, -0.1) is 0 Å². The molecule has 4 heteroatoms. The van der Waals surface area contributed by atoms with Crippen molar-refractivity contribution in [3.8, 4) is 23.0 Å². The van der Waals surface area contributed by atoms with Crippen LogP contribution in [0.5, 0.6) is 0 Å². The minimum Gasteiger partial charge on any atom is -0.334 e. The molecule has 0 aliphatic heterocycles. The molecule has 0 bridgehead atoms. The van der Waals surface area contributed by atoms with Gasteiger partial charge in [0, 0.05) is 35.8 Å². The van der Waals surface area contributed by atoms with E-state index in [0.29, 0.717) is 12.2 Å². The Bertz CT molecular complexity index is 1210. The average molecular weight is 403 g/mol. The summed E-state index contributed by atoms with van der Waals surface area (Å²) < 4.78 is 0. The van der Waals surface area contributed by atoms with Crippen LogP contribution in [0.1, 0.15) is 16.7 Å². The van der Waals surface area contributed by atoms with E-state index >= 15 is 0 Å². The number of rotatable bonds is 4. The second-order valence-corrected chi connectivity index (χ2v) is 6.91. The van der Waals surface area contributed by atoms with Crippen LogP contribution in [0.4, 0.5) is 10.5 Å². The monoisotopic (exact) mass is 403 g/mol. The highest BCUT2D eigenvalue weighted by Crippen LogP contribution is 2.22. The number of nitrogens with zero attached hydrogens (tertiary/aromatic N) is 1. The summed E-state index contributed by atoms with van der Waals surface area (Å²) >= 11 is 0. The van der Waals surface area contributed by atoms with Gasteiger partial charge in [-0.05, 0) is 53.1 Å². The van der Waals surface area contributed by atoms with E-state index in [9.17, 15) is 4.79 Å². The van der Waals surface area contributed by atoms with Crippen LogP contribution in [-0.2, 0) is 6.54 Å². The summed E-state index contributed by atoms with van der Waals surface area (Å²) in [4.78, 5) is 16.1. The molecule has 0 fully saturated rings. The first-order chi connectivity index (χ1) is 15.3. The number of carbonyl (C=O) groups excluding carboxylic acids is 1. The van der Waals surface area contributed by atoms with Crippen LogP contribution in [0.25, 0.3) is 11.1 Å². The van der Waals surface area contributed by atoms with Crippen molar-refractivity contribution in [1.82, 2.24) is 10.3 Å². The maximum atomic E-state index is 12.1. The van der Waals surface area contributed by atoms with Gasteiger partial charge in [-0.25, -0.2) is 4.79 Å². The molecular formula is C27H21N3O. The van der Waals surface area contributed by atoms with Gasteiger partial charge in [0.2, 0.25) is 0 Å². The molecule has 4 rings (SSSR count). The zero-order valence-corrected chi connectivity index (χ0v) is 16.9. The third-order valence-corrected chi connectivity index (χ3v) is 4.67. The summed E-state index contributed by atoms with van der Waals surface area (Å²) in [5, 5.41) is 5.64. The van der Waals surface area contributed by atoms with Gasteiger partial charge >= 0.3 is 6.03 Å². The fourth-order valence-corrected chi connectivity index (χ4v) is 3.10. The van der Waals surface area contributed by atoms with Gasteiger partial charge in [-0.3, -0.25) is 4.98 Å². The van der Waals surface area contributed by atoms with Gasteiger partial charge in [-0.2, -0.15) is 0 Å². The van der Waals surface area contributed by atoms with Gasteiger partial charge in [0.25, 0.3) is 0 Å². The number of aromatic nitrogens is 1. The minimum atomic E-state index is -0.264. The van der Waals surface area contributed by atoms with Gasteiger partial charge in [0.15, 0.2) is 0 Å². The van der Waals surface area contributed by atoms with Crippen molar-refractivity contribution in [3.05, 3.63) is 120 Å². The number of pyridine rings is 1. The Morgan fingerprint density at radius 3 is 2.35 bits per heavy atom. The van der Waals surface area contributed by atoms with Crippen molar-refractivity contribution in [2.24, 2.45) is 0 Å². The van der Waals surface area contributed by atoms with E-state index in [1.807, 2.05) is 72.8 Å². The van der Waals surface area contributed by atoms with Crippen LogP contribution in [0.15, 0.2) is 103 Å². The molecule has 0 aliphatic rings. The summed E-state index contributed by atoms with van der Waals surface area (Å²) in [6, 6.07) is 29.3. The normalized spacial score (nSPS) is 9.94. The topological polar surface area (TPSA) is 54.0 Å². The van der Waals surface area contributed by atoms with Crippen molar-refractivity contribution in [2.45, 2.75) is 6.54 Å². The Hall–Kier alpha value is -4.36. The van der Waals surface area contributed by atoms with Crippen molar-refractivity contribution < 1.29 is 4.79 Å². The van der Waals surface area contributed by atoms with E-state index in [0.717, 1.165) is 27.8 Å². The Morgan fingerprint density at radius 2 is 1.58 bits per heavy atom. The third kappa shape index (κ3) is 5.59. The fraction of sp³-hybridized carbons (Fsp3) is 0.0370. The van der Waals surface area contributed by atoms with Crippen molar-refractivity contribution in [3.63, 3.8) is 0 Å². The van der Waals surface area contributed by atoms with Gasteiger partial charge in [0.1, 0.15) is 0 Å². The van der Waals surface area contributed by atoms with Crippen LogP contribution in [0.2, 0.25) is 0 Å². The van der Waals surface area contributed by atoms with Crippen molar-refractivity contribution in [2.75, 3.05) is 5.32 Å². The van der Waals surface area contributed by atoms with E-state index in [4.69, 9.17) is 0 Å². The highest BCUT2D eigenvalue weighted by Gasteiger charge is 2.03. The first kappa shape index (κ1) is 19.9. The molecule has 0 aliphatic carbocycles. The number of urea groups is 1. The smallest absolute Gasteiger partial charge is 0.319 e. The molecule has 0 saturated heterocycles. The Labute approximate surface area is 182 Å². The first-order valence-electron chi connectivity index (χ1n) is 9.98. The summed E-state index contributed by atoms with van der Waals surface area (Å²) in [7, 11) is 0. The van der Waals surface area contributed by atoms with E-state index in [2.05, 4.69) is 45.7 Å². The van der Waals surface area contributed by atoms with Crippen molar-refractivity contribution >= 4 is 11.7 Å². The lowest BCUT2D eigenvalue weighted by Gasteiger charge is -2.07. The second kappa shape index (κ2) is 9.91. The standard InChI is InChI=1S/C27H21N3O/c31-27(29-20-22-7-6-18-28-19-22)30-25-16-13-21(14-17-25)12-15-24-10-4-5-11-26(24)23-8-2-1-3-9-23/h1-11,13-14,16-19H,20H2,(H2,29,30,31). The summed E-state index contributed by atoms with van der Waals surface area (Å²) in [5.41, 5.74) is 5.76. The van der Waals surface area contributed by atoms with Crippen LogP contribution >= 0.6 is 0 Å². The number of hydrogen-bond acceptors (Lipinski definition) is 2. The van der Waals surface area contributed by atoms with E-state index in [1.54, 1.807) is 12.4 Å². The zero-order valence-electron chi connectivity index (χ0n) is 16.9. The quantitative estimate of drug-likeness (QED) is 0.444. The number of amides is 2. The average Bonchev–Trinajstić information content (AvgIpc) is 2.84. The number of carbonyl (C=O) groups is 1. The molecule has 0 saturated carbocycles. The minimum absolute atomic E-state index is 0.264. The Kier molecular flexibility index (Phi) is 6.37. The van der Waals surface area contributed by atoms with Crippen LogP contribution in [0.3, 0.4) is 0 Å². The predicted octanol–water partition coefficient (Wildman–Crippen LogP) is 5.47. The molecule has 3 aromatic carbocycles. The van der Waals surface area contributed by atoms with E-state index in [1.165, 1.54) is 0 Å². The van der Waals surface area contributed by atoms with Crippen LogP contribution < -0.4 is 10.6 Å². The highest BCUT2D eigenvalue weighted by atomic mass is 16.2. The largest absolute Gasteiger partial charge is 0.334 e. The second-order valence-electron chi connectivity index (χ2n) is 6.91. The van der Waals surface area contributed by atoms with Crippen molar-refractivity contribution in [1.29, 1.82) is 0 Å². The lowest BCUT2D eigenvalue weighted by atomic mass is 10.00. The molecule has 1 heterocycles. The van der Waals surface area contributed by atoms with E-state index in [-0.39, 0.29) is 6.03 Å². The molecule has 1 aromatic heterocycles. The molecule has 4 aromatic rings. The predicted molar refractivity (Wildman–Crippen MR) is 124 cm³/mol. The number of hydrogen-bond donors (Lipinski definition) is 2. The molecule has 0 radical (unpaired) electrons. The van der Waals surface area contributed by atoms with E-state index < -0.39 is 0 Å². The van der Waals surface area contributed by atoms with Gasteiger partial charge in [0.05, 0.1) is 0 Å². The number of nitrogens with one attached hydrogen (secondary N) is 2. The van der Waals surface area contributed by atoms with Crippen LogP contribution in [0, 0.1) is 11.8 Å². The summed E-state index contributed by atoms with van der Waals surface area (Å²) in [6.45, 7) is 0.421. The zero-order chi connectivity index (χ0) is 21.3. The Morgan fingerprint density at radius 1 is 0.806 bits per heavy atom. The fourth-order valence-electron chi connectivity index (χ4n) is 3.10. The number of anilines is 1. The maximum absolute atomic E-state index is 12.1. The van der Waals surface area contributed by atoms with Gasteiger partial charge < -0.3 is 10.6 Å². The molecule has 0 unspecified atom stereocenters. The lowest BCUT2D eigenvalue weighted by molar-refractivity contribution is 0.251. The molecule has 31 heavy (non-hydrogen) atoms. The van der Waals surface area contributed by atoms with Crippen LogP contribution in [-0.4, -0.2) is 11.0 Å². The first-order valence-corrected chi connectivity index (χ1v) is 9.98. The maximum Gasteiger partial charge on any atom is 0.319 e. The van der Waals surface area contributed by atoms with Gasteiger partial charge in [-0.1, -0.05) is 66.4 Å². The lowest BCUT2D eigenvalue weighted by Crippen LogP contribution is -2.28. The summed E-state index contributed by atoms with van der Waals surface area (Å²) in [5.74, 6) is 6.48. The molecule has 2 N–H and O–H groups in total. The number of benzene rings is 3. The molecule has 2 amide bonds. The molecule has 4 nitrogen and oxygen atoms in total. The molecule has 0 spiro atoms. The SMILES string of the molecule is O=C(NCc1cccnc1)Nc1ccc(C#Cc2ccccc2-c2ccccc2)cc1. The Balaban J connectivity index is 1.40. The molecular weight excluding hydrogens is 382 g/mol. The summed E-state index contributed by atoms with van der Waals surface area (Å²) in [6.07, 6.45) is 3.43. The molecule has 150 valence electrons. The molecule has 0 atom stereocenters. The third-order valence-electron chi connectivity index (χ3n) is 4.67.